The zero-order chi connectivity index (χ0) is 23.4. The summed E-state index contributed by atoms with van der Waals surface area (Å²) in [6.07, 6.45) is 1.05. The maximum Gasteiger partial charge on any atom is 0.310 e. The van der Waals surface area contributed by atoms with Crippen molar-refractivity contribution < 1.29 is 29.6 Å². The Morgan fingerprint density at radius 3 is 2.45 bits per heavy atom. The molecule has 1 fully saturated rings. The minimum Gasteiger partial charge on any atom is -0.495 e. The highest BCUT2D eigenvalue weighted by molar-refractivity contribution is 5.76. The maximum absolute atomic E-state index is 12.5. The summed E-state index contributed by atoms with van der Waals surface area (Å²) in [4.78, 5) is 16.6. The topological polar surface area (TPSA) is 133 Å². The van der Waals surface area contributed by atoms with Crippen LogP contribution in [0, 0.1) is 17.2 Å². The number of nitrogens with zero attached hydrogens (tertiary/aromatic N) is 2. The number of carboxylic acids is 1. The average Bonchev–Trinajstić information content (AvgIpc) is 3.23. The fourth-order valence-electron chi connectivity index (χ4n) is 5.46. The van der Waals surface area contributed by atoms with E-state index in [1.54, 1.807) is 54.6 Å². The van der Waals surface area contributed by atoms with Crippen LogP contribution in [0.15, 0.2) is 67.0 Å². The molecule has 33 heavy (non-hydrogen) atoms. The number of rotatable bonds is 4. The van der Waals surface area contributed by atoms with E-state index in [1.807, 2.05) is 6.07 Å². The lowest BCUT2D eigenvalue weighted by atomic mass is 9.70. The van der Waals surface area contributed by atoms with Gasteiger partial charge >= 0.3 is 5.97 Å². The van der Waals surface area contributed by atoms with Crippen molar-refractivity contribution in [2.45, 2.75) is 23.2 Å². The number of nitriles is 1. The van der Waals surface area contributed by atoms with Gasteiger partial charge in [-0.05, 0) is 23.3 Å². The summed E-state index contributed by atoms with van der Waals surface area (Å²) in [5, 5.41) is 43.3. The van der Waals surface area contributed by atoms with Crippen LogP contribution in [0.2, 0.25) is 0 Å². The van der Waals surface area contributed by atoms with Gasteiger partial charge in [0.1, 0.15) is 17.6 Å². The Balaban J connectivity index is 1.89. The Kier molecular flexibility index (Phi) is 4.64. The lowest BCUT2D eigenvalue weighted by Gasteiger charge is -2.40. The lowest BCUT2D eigenvalue weighted by molar-refractivity contribution is -0.159. The van der Waals surface area contributed by atoms with E-state index in [0.29, 0.717) is 16.7 Å². The number of carboxylic acid groups (broad SMARTS) is 1. The SMILES string of the molecule is COc1cncc2c1[C@]1(O)[C@H](O)[C@H](C(=O)O)[C@@H](c3ccccc3)[C@]1(c1ccc(C#N)cc1)O2. The molecule has 0 saturated heterocycles. The van der Waals surface area contributed by atoms with Crippen molar-refractivity contribution in [2.75, 3.05) is 7.11 Å². The van der Waals surface area contributed by atoms with Gasteiger partial charge in [-0.25, -0.2) is 0 Å². The number of hydrogen-bond acceptors (Lipinski definition) is 7. The summed E-state index contributed by atoms with van der Waals surface area (Å²) >= 11 is 0. The van der Waals surface area contributed by atoms with Gasteiger partial charge in [0.15, 0.2) is 11.2 Å². The van der Waals surface area contributed by atoms with Crippen LogP contribution in [-0.2, 0) is 16.0 Å². The highest BCUT2D eigenvalue weighted by Gasteiger charge is 2.78. The zero-order valence-corrected chi connectivity index (χ0v) is 17.5. The lowest BCUT2D eigenvalue weighted by Crippen LogP contribution is -2.52. The average molecular weight is 444 g/mol. The van der Waals surface area contributed by atoms with Gasteiger partial charge in [-0.15, -0.1) is 0 Å². The number of methoxy groups -OCH3 is 1. The molecular weight excluding hydrogens is 424 g/mol. The van der Waals surface area contributed by atoms with Crippen molar-refractivity contribution in [1.82, 2.24) is 4.98 Å². The summed E-state index contributed by atoms with van der Waals surface area (Å²) in [6, 6.07) is 17.2. The number of hydrogen-bond donors (Lipinski definition) is 3. The minimum absolute atomic E-state index is 0.140. The standard InChI is InChI=1S/C25H20N2O6/c1-32-17-12-27-13-18-21(17)24(31)22(28)19(23(29)30)20(15-5-3-2-4-6-15)25(24,33-18)16-9-7-14(11-26)8-10-16/h2-10,12-13,19-20,22,28,31H,1H3,(H,29,30)/t19-,20-,22-,24+,25+/m1/s1. The first-order valence-electron chi connectivity index (χ1n) is 10.3. The van der Waals surface area contributed by atoms with Gasteiger partial charge in [0.2, 0.25) is 0 Å². The van der Waals surface area contributed by atoms with Crippen LogP contribution in [-0.4, -0.2) is 39.5 Å². The third-order valence-corrected chi connectivity index (χ3v) is 6.77. The molecule has 2 heterocycles. The fraction of sp³-hybridized carbons (Fsp3) is 0.240. The zero-order valence-electron chi connectivity index (χ0n) is 17.5. The molecule has 0 unspecified atom stereocenters. The summed E-state index contributed by atoms with van der Waals surface area (Å²) in [7, 11) is 1.40. The Morgan fingerprint density at radius 2 is 1.85 bits per heavy atom. The number of aliphatic hydroxyl groups excluding tert-OH is 1. The Labute approximate surface area is 189 Å². The van der Waals surface area contributed by atoms with E-state index in [-0.39, 0.29) is 17.1 Å². The van der Waals surface area contributed by atoms with E-state index in [2.05, 4.69) is 4.98 Å². The largest absolute Gasteiger partial charge is 0.495 e. The van der Waals surface area contributed by atoms with Crippen LogP contribution in [0.3, 0.4) is 0 Å². The molecule has 1 saturated carbocycles. The van der Waals surface area contributed by atoms with E-state index < -0.39 is 35.1 Å². The molecule has 0 amide bonds. The molecule has 5 atom stereocenters. The third kappa shape index (κ3) is 2.58. The minimum atomic E-state index is -2.19. The molecule has 3 aromatic rings. The second kappa shape index (κ2) is 7.30. The van der Waals surface area contributed by atoms with Gasteiger partial charge in [0.05, 0.1) is 42.6 Å². The van der Waals surface area contributed by atoms with Gasteiger partial charge in [0.25, 0.3) is 0 Å². The van der Waals surface area contributed by atoms with Crippen LogP contribution < -0.4 is 9.47 Å². The van der Waals surface area contributed by atoms with Crippen molar-refractivity contribution in [2.24, 2.45) is 5.92 Å². The van der Waals surface area contributed by atoms with E-state index in [4.69, 9.17) is 9.47 Å². The molecule has 0 spiro atoms. The van der Waals surface area contributed by atoms with Gasteiger partial charge in [-0.2, -0.15) is 5.26 Å². The number of pyridine rings is 1. The summed E-state index contributed by atoms with van der Waals surface area (Å²) < 4.78 is 11.9. The van der Waals surface area contributed by atoms with Gasteiger partial charge < -0.3 is 24.8 Å². The van der Waals surface area contributed by atoms with Crippen molar-refractivity contribution in [3.8, 4) is 17.6 Å². The first-order valence-corrected chi connectivity index (χ1v) is 10.3. The first kappa shape index (κ1) is 20.9. The maximum atomic E-state index is 12.5. The molecule has 1 aliphatic carbocycles. The van der Waals surface area contributed by atoms with Crippen LogP contribution in [0.4, 0.5) is 0 Å². The van der Waals surface area contributed by atoms with E-state index in [0.717, 1.165) is 0 Å². The number of fused-ring (bicyclic) bond motifs is 3. The molecular formula is C25H20N2O6. The number of benzene rings is 2. The number of carbonyl (C=O) groups is 1. The summed E-state index contributed by atoms with van der Waals surface area (Å²) in [6.45, 7) is 0. The molecule has 166 valence electrons. The number of aliphatic hydroxyl groups is 2. The highest BCUT2D eigenvalue weighted by atomic mass is 16.5. The first-order chi connectivity index (χ1) is 15.9. The van der Waals surface area contributed by atoms with Crippen LogP contribution >= 0.6 is 0 Å². The van der Waals surface area contributed by atoms with E-state index in [1.165, 1.54) is 19.5 Å². The molecule has 1 aromatic heterocycles. The summed E-state index contributed by atoms with van der Waals surface area (Å²) in [5.41, 5.74) is -2.40. The number of ether oxygens (including phenoxy) is 2. The quantitative estimate of drug-likeness (QED) is 0.558. The third-order valence-electron chi connectivity index (χ3n) is 6.77. The molecule has 0 bridgehead atoms. The Morgan fingerprint density at radius 1 is 1.15 bits per heavy atom. The normalized spacial score (nSPS) is 29.5. The molecule has 1 aliphatic heterocycles. The second-order valence-electron chi connectivity index (χ2n) is 8.21. The predicted octanol–water partition coefficient (Wildman–Crippen LogP) is 2.30. The molecule has 3 N–H and O–H groups in total. The van der Waals surface area contributed by atoms with E-state index >= 15 is 0 Å². The molecule has 8 heteroatoms. The molecule has 2 aromatic carbocycles. The van der Waals surface area contributed by atoms with Crippen LogP contribution in [0.5, 0.6) is 11.5 Å². The van der Waals surface area contributed by atoms with Crippen molar-refractivity contribution >= 4 is 5.97 Å². The second-order valence-corrected chi connectivity index (χ2v) is 8.21. The number of aliphatic carboxylic acids is 1. The van der Waals surface area contributed by atoms with Crippen LogP contribution in [0.25, 0.3) is 0 Å². The molecule has 5 rings (SSSR count). The van der Waals surface area contributed by atoms with Crippen molar-refractivity contribution in [3.63, 3.8) is 0 Å². The smallest absolute Gasteiger partial charge is 0.310 e. The van der Waals surface area contributed by atoms with Gasteiger partial charge in [-0.1, -0.05) is 42.5 Å². The number of aromatic nitrogens is 1. The molecule has 8 nitrogen and oxygen atoms in total. The fourth-order valence-corrected chi connectivity index (χ4v) is 5.46. The summed E-state index contributed by atoms with van der Waals surface area (Å²) in [5.74, 6) is -3.31. The monoisotopic (exact) mass is 444 g/mol. The van der Waals surface area contributed by atoms with Gasteiger partial charge in [0, 0.05) is 5.92 Å². The van der Waals surface area contributed by atoms with Gasteiger partial charge in [-0.3, -0.25) is 9.78 Å². The predicted molar refractivity (Wildman–Crippen MR) is 114 cm³/mol. The van der Waals surface area contributed by atoms with E-state index in [9.17, 15) is 25.4 Å². The van der Waals surface area contributed by atoms with Crippen molar-refractivity contribution in [1.29, 1.82) is 5.26 Å². The van der Waals surface area contributed by atoms with Crippen LogP contribution in [0.1, 0.15) is 28.2 Å². The molecule has 0 radical (unpaired) electrons. The Hall–Kier alpha value is -3.93. The highest BCUT2D eigenvalue weighted by Crippen LogP contribution is 2.69. The van der Waals surface area contributed by atoms with Crippen molar-refractivity contribution in [3.05, 3.63) is 89.2 Å². The molecule has 2 aliphatic rings. The Bertz CT molecular complexity index is 1270.